The highest BCUT2D eigenvalue weighted by molar-refractivity contribution is 7.89. The van der Waals surface area contributed by atoms with Crippen molar-refractivity contribution in [3.05, 3.63) is 64.2 Å². The summed E-state index contributed by atoms with van der Waals surface area (Å²) in [5, 5.41) is 13.6. The first-order valence-corrected chi connectivity index (χ1v) is 10.5. The number of carbonyl (C=O) groups excluding carboxylic acids is 1. The fraction of sp³-hybridized carbons (Fsp3) is 0.316. The van der Waals surface area contributed by atoms with Gasteiger partial charge in [0.25, 0.3) is 11.6 Å². The van der Waals surface area contributed by atoms with E-state index in [1.807, 2.05) is 0 Å². The van der Waals surface area contributed by atoms with Crippen LogP contribution in [0.4, 0.5) is 11.4 Å². The van der Waals surface area contributed by atoms with Crippen LogP contribution in [0.2, 0.25) is 0 Å². The number of rotatable bonds is 5. The van der Waals surface area contributed by atoms with Crippen LogP contribution in [0.5, 0.6) is 0 Å². The highest BCUT2D eigenvalue weighted by Gasteiger charge is 2.25. The molecule has 1 aliphatic rings. The average molecular weight is 403 g/mol. The number of nitrogens with zero attached hydrogens (tertiary/aromatic N) is 2. The first-order valence-electron chi connectivity index (χ1n) is 9.04. The van der Waals surface area contributed by atoms with Gasteiger partial charge in [-0.3, -0.25) is 14.9 Å². The third kappa shape index (κ3) is 4.37. The molecule has 1 aliphatic heterocycles. The van der Waals surface area contributed by atoms with Crippen molar-refractivity contribution in [1.82, 2.24) is 4.31 Å². The van der Waals surface area contributed by atoms with Crippen molar-refractivity contribution >= 4 is 27.3 Å². The molecule has 0 spiro atoms. The summed E-state index contributed by atoms with van der Waals surface area (Å²) in [4.78, 5) is 23.0. The van der Waals surface area contributed by atoms with Crippen LogP contribution in [-0.4, -0.2) is 36.6 Å². The Morgan fingerprint density at radius 1 is 0.964 bits per heavy atom. The summed E-state index contributed by atoms with van der Waals surface area (Å²) in [5.41, 5.74) is 0.00657. The topological polar surface area (TPSA) is 110 Å². The molecular weight excluding hydrogens is 382 g/mol. The van der Waals surface area contributed by atoms with E-state index < -0.39 is 20.9 Å². The summed E-state index contributed by atoms with van der Waals surface area (Å²) in [6.07, 6.45) is 3.76. The number of para-hydroxylation sites is 1. The molecule has 8 nitrogen and oxygen atoms in total. The van der Waals surface area contributed by atoms with Crippen molar-refractivity contribution in [2.45, 2.75) is 30.6 Å². The molecule has 1 saturated heterocycles. The Labute approximate surface area is 163 Å². The van der Waals surface area contributed by atoms with Gasteiger partial charge in [0.05, 0.1) is 9.82 Å². The number of amides is 1. The third-order valence-electron chi connectivity index (χ3n) is 4.66. The highest BCUT2D eigenvalue weighted by Crippen LogP contribution is 2.23. The maximum atomic E-state index is 12.8. The van der Waals surface area contributed by atoms with Crippen molar-refractivity contribution in [2.75, 3.05) is 18.4 Å². The monoisotopic (exact) mass is 403 g/mol. The normalized spacial score (nSPS) is 15.6. The number of carbonyl (C=O) groups is 1. The van der Waals surface area contributed by atoms with Gasteiger partial charge in [0, 0.05) is 24.8 Å². The molecule has 2 aromatic carbocycles. The number of benzene rings is 2. The molecule has 0 saturated carbocycles. The molecule has 0 aromatic heterocycles. The van der Waals surface area contributed by atoms with Gasteiger partial charge in [-0.05, 0) is 43.2 Å². The number of hydrogen-bond acceptors (Lipinski definition) is 5. The SMILES string of the molecule is O=C(Nc1ccc(S(=O)(=O)N2CCCCCC2)cc1)c1ccccc1[N+](=O)[O-]. The van der Waals surface area contributed by atoms with E-state index in [-0.39, 0.29) is 16.1 Å². The van der Waals surface area contributed by atoms with E-state index in [1.54, 1.807) is 6.07 Å². The summed E-state index contributed by atoms with van der Waals surface area (Å²) in [6, 6.07) is 11.5. The molecule has 1 fully saturated rings. The Balaban J connectivity index is 1.76. The quantitative estimate of drug-likeness (QED) is 0.608. The maximum Gasteiger partial charge on any atom is 0.282 e. The van der Waals surface area contributed by atoms with Gasteiger partial charge in [-0.25, -0.2) is 8.42 Å². The first-order chi connectivity index (χ1) is 13.4. The van der Waals surface area contributed by atoms with E-state index in [9.17, 15) is 23.3 Å². The van der Waals surface area contributed by atoms with E-state index in [4.69, 9.17) is 0 Å². The van der Waals surface area contributed by atoms with Crippen LogP contribution in [0.15, 0.2) is 53.4 Å². The lowest BCUT2D eigenvalue weighted by Gasteiger charge is -2.20. The zero-order valence-electron chi connectivity index (χ0n) is 15.2. The smallest absolute Gasteiger partial charge is 0.282 e. The lowest BCUT2D eigenvalue weighted by Crippen LogP contribution is -2.31. The number of anilines is 1. The van der Waals surface area contributed by atoms with Gasteiger partial charge >= 0.3 is 0 Å². The molecule has 28 heavy (non-hydrogen) atoms. The van der Waals surface area contributed by atoms with Crippen LogP contribution < -0.4 is 5.32 Å². The van der Waals surface area contributed by atoms with Gasteiger partial charge in [0.15, 0.2) is 0 Å². The van der Waals surface area contributed by atoms with Gasteiger partial charge in [-0.2, -0.15) is 4.31 Å². The van der Waals surface area contributed by atoms with Crippen LogP contribution in [0.3, 0.4) is 0 Å². The van der Waals surface area contributed by atoms with Gasteiger partial charge < -0.3 is 5.32 Å². The number of nitro benzene ring substituents is 1. The van der Waals surface area contributed by atoms with Crippen molar-refractivity contribution in [2.24, 2.45) is 0 Å². The molecule has 1 N–H and O–H groups in total. The number of sulfonamides is 1. The predicted molar refractivity (Wildman–Crippen MR) is 105 cm³/mol. The second-order valence-electron chi connectivity index (χ2n) is 6.57. The van der Waals surface area contributed by atoms with Gasteiger partial charge in [-0.15, -0.1) is 0 Å². The predicted octanol–water partition coefficient (Wildman–Crippen LogP) is 3.41. The van der Waals surface area contributed by atoms with Crippen molar-refractivity contribution in [3.8, 4) is 0 Å². The Morgan fingerprint density at radius 3 is 2.18 bits per heavy atom. The number of nitrogens with one attached hydrogen (secondary N) is 1. The summed E-state index contributed by atoms with van der Waals surface area (Å²) < 4.78 is 27.1. The van der Waals surface area contributed by atoms with Crippen LogP contribution >= 0.6 is 0 Å². The van der Waals surface area contributed by atoms with E-state index in [2.05, 4.69) is 5.32 Å². The minimum atomic E-state index is -3.57. The summed E-state index contributed by atoms with van der Waals surface area (Å²) in [5.74, 6) is -0.629. The number of nitro groups is 1. The van der Waals surface area contributed by atoms with Crippen molar-refractivity contribution in [1.29, 1.82) is 0 Å². The average Bonchev–Trinajstić information content (AvgIpc) is 2.98. The minimum Gasteiger partial charge on any atom is -0.322 e. The van der Waals surface area contributed by atoms with Crippen LogP contribution in [-0.2, 0) is 10.0 Å². The number of hydrogen-bond donors (Lipinski definition) is 1. The largest absolute Gasteiger partial charge is 0.322 e. The van der Waals surface area contributed by atoms with Crippen LogP contribution in [0.25, 0.3) is 0 Å². The molecule has 1 amide bonds. The molecule has 0 aliphatic carbocycles. The summed E-state index contributed by atoms with van der Waals surface area (Å²) >= 11 is 0. The summed E-state index contributed by atoms with van der Waals surface area (Å²) in [6.45, 7) is 1.02. The Kier molecular flexibility index (Phi) is 6.05. The standard InChI is InChI=1S/C19H21N3O5S/c23-19(17-7-3-4-8-18(17)22(24)25)20-15-9-11-16(12-10-15)28(26,27)21-13-5-1-2-6-14-21/h3-4,7-12H,1-2,5-6,13-14H2,(H,20,23). The molecular formula is C19H21N3O5S. The molecule has 0 atom stereocenters. The molecule has 2 aromatic rings. The molecule has 0 bridgehead atoms. The van der Waals surface area contributed by atoms with Crippen LogP contribution in [0, 0.1) is 10.1 Å². The molecule has 148 valence electrons. The Bertz CT molecular complexity index is 965. The van der Waals surface area contributed by atoms with Gasteiger partial charge in [0.1, 0.15) is 5.56 Å². The molecule has 0 unspecified atom stereocenters. The van der Waals surface area contributed by atoms with E-state index >= 15 is 0 Å². The van der Waals surface area contributed by atoms with Crippen LogP contribution in [0.1, 0.15) is 36.0 Å². The molecule has 0 radical (unpaired) electrons. The van der Waals surface area contributed by atoms with E-state index in [0.717, 1.165) is 25.7 Å². The first kappa shape index (κ1) is 20.0. The zero-order chi connectivity index (χ0) is 20.1. The second-order valence-corrected chi connectivity index (χ2v) is 8.51. The van der Waals surface area contributed by atoms with Gasteiger partial charge in [0.2, 0.25) is 10.0 Å². The van der Waals surface area contributed by atoms with Crippen molar-refractivity contribution < 1.29 is 18.1 Å². The Hall–Kier alpha value is -2.78. The molecule has 1 heterocycles. The molecule has 3 rings (SSSR count). The Morgan fingerprint density at radius 2 is 1.57 bits per heavy atom. The molecule has 9 heteroatoms. The second kappa shape index (κ2) is 8.49. The zero-order valence-corrected chi connectivity index (χ0v) is 16.0. The highest BCUT2D eigenvalue weighted by atomic mass is 32.2. The lowest BCUT2D eigenvalue weighted by molar-refractivity contribution is -0.385. The van der Waals surface area contributed by atoms with E-state index in [0.29, 0.717) is 18.8 Å². The fourth-order valence-electron chi connectivity index (χ4n) is 3.16. The minimum absolute atomic E-state index is 0.0613. The fourth-order valence-corrected chi connectivity index (χ4v) is 4.68. The summed E-state index contributed by atoms with van der Waals surface area (Å²) in [7, 11) is -3.57. The third-order valence-corrected chi connectivity index (χ3v) is 6.57. The van der Waals surface area contributed by atoms with Gasteiger partial charge in [-0.1, -0.05) is 25.0 Å². The lowest BCUT2D eigenvalue weighted by atomic mass is 10.1. The van der Waals surface area contributed by atoms with E-state index in [1.165, 1.54) is 46.8 Å². The maximum absolute atomic E-state index is 12.8. The van der Waals surface area contributed by atoms with Crippen molar-refractivity contribution in [3.63, 3.8) is 0 Å².